The molecular weight excluding hydrogens is 402 g/mol. The van der Waals surface area contributed by atoms with Gasteiger partial charge >= 0.3 is 5.97 Å². The molecule has 0 atom stereocenters. The van der Waals surface area contributed by atoms with E-state index < -0.39 is 11.7 Å². The Kier molecular flexibility index (Phi) is 4.49. The number of hydrogen-bond acceptors (Lipinski definition) is 8. The Morgan fingerprint density at radius 2 is 2.14 bits per heavy atom. The van der Waals surface area contributed by atoms with Crippen LogP contribution in [0, 0.1) is 5.41 Å². The standard InChI is InChI=1S/C18H11N3O5S2/c19-17-21(18-20-5-6-27-18)15(23)14(28-17)8-10-2-4-13(26-10)9-1-3-12(22)11(7-9)16(24)25/h1-8,19,22H,(H,24,25)/p-1. The van der Waals surface area contributed by atoms with Crippen LogP contribution >= 0.6 is 23.1 Å². The average Bonchev–Trinajstić information content (AvgIpc) is 3.38. The average molecular weight is 412 g/mol. The number of aromatic carboxylic acids is 1. The summed E-state index contributed by atoms with van der Waals surface area (Å²) in [5.74, 6) is -1.54. The number of hydrogen-bond donors (Lipinski definition) is 2. The fourth-order valence-corrected chi connectivity index (χ4v) is 4.08. The van der Waals surface area contributed by atoms with Crippen molar-refractivity contribution in [1.29, 1.82) is 5.41 Å². The number of thioether (sulfide) groups is 1. The van der Waals surface area contributed by atoms with Gasteiger partial charge in [0.25, 0.3) is 5.91 Å². The zero-order chi connectivity index (χ0) is 19.8. The second-order valence-corrected chi connectivity index (χ2v) is 7.49. The maximum Gasteiger partial charge on any atom is 0.335 e. The van der Waals surface area contributed by atoms with Gasteiger partial charge in [0.2, 0.25) is 0 Å². The van der Waals surface area contributed by atoms with E-state index >= 15 is 0 Å². The van der Waals surface area contributed by atoms with Crippen molar-refractivity contribution in [3.8, 4) is 17.1 Å². The lowest BCUT2D eigenvalue weighted by Crippen LogP contribution is -2.27. The van der Waals surface area contributed by atoms with E-state index in [1.807, 2.05) is 0 Å². The number of nitrogens with zero attached hydrogens (tertiary/aromatic N) is 2. The van der Waals surface area contributed by atoms with E-state index in [0.717, 1.165) is 11.8 Å². The number of carboxylic acid groups (broad SMARTS) is 1. The Bertz CT molecular complexity index is 1130. The van der Waals surface area contributed by atoms with Gasteiger partial charge in [-0.2, -0.15) is 0 Å². The molecule has 0 radical (unpaired) electrons. The van der Waals surface area contributed by atoms with Gasteiger partial charge in [0.1, 0.15) is 11.5 Å². The predicted molar refractivity (Wildman–Crippen MR) is 103 cm³/mol. The highest BCUT2D eigenvalue weighted by atomic mass is 32.2. The van der Waals surface area contributed by atoms with Gasteiger partial charge in [-0.1, -0.05) is 17.9 Å². The van der Waals surface area contributed by atoms with Crippen molar-refractivity contribution >= 4 is 51.4 Å². The molecule has 1 aliphatic rings. The highest BCUT2D eigenvalue weighted by molar-refractivity contribution is 8.19. The topological polar surface area (TPSA) is 131 Å². The SMILES string of the molecule is N=C1SC(=Cc2ccc(-c3ccc([O-])c(C(=O)O)c3)o2)C(=O)N1c1nccs1. The summed E-state index contributed by atoms with van der Waals surface area (Å²) in [6, 6.07) is 7.13. The van der Waals surface area contributed by atoms with Gasteiger partial charge in [0, 0.05) is 23.2 Å². The second-order valence-electron chi connectivity index (χ2n) is 5.59. The van der Waals surface area contributed by atoms with Gasteiger partial charge in [-0.15, -0.1) is 11.3 Å². The first-order valence-electron chi connectivity index (χ1n) is 7.80. The van der Waals surface area contributed by atoms with Crippen LogP contribution < -0.4 is 10.0 Å². The number of carbonyl (C=O) groups is 2. The van der Waals surface area contributed by atoms with E-state index in [0.29, 0.717) is 27.1 Å². The number of amidine groups is 1. The number of amides is 1. The highest BCUT2D eigenvalue weighted by Gasteiger charge is 2.35. The molecule has 28 heavy (non-hydrogen) atoms. The molecular formula is C18H10N3O5S2-. The van der Waals surface area contributed by atoms with Crippen LogP contribution in [0.5, 0.6) is 5.75 Å². The first-order valence-corrected chi connectivity index (χ1v) is 9.50. The Balaban J connectivity index is 1.62. The molecule has 4 rings (SSSR count). The molecule has 140 valence electrons. The number of benzene rings is 1. The van der Waals surface area contributed by atoms with Gasteiger partial charge in [0.05, 0.1) is 10.5 Å². The largest absolute Gasteiger partial charge is 0.872 e. The normalized spacial score (nSPS) is 15.6. The van der Waals surface area contributed by atoms with Crippen LogP contribution in [0.25, 0.3) is 17.4 Å². The summed E-state index contributed by atoms with van der Waals surface area (Å²) in [6.07, 6.45) is 3.07. The maximum absolute atomic E-state index is 12.6. The summed E-state index contributed by atoms with van der Waals surface area (Å²) < 4.78 is 5.68. The summed E-state index contributed by atoms with van der Waals surface area (Å²) in [5, 5.41) is 30.9. The Morgan fingerprint density at radius 3 is 2.86 bits per heavy atom. The lowest BCUT2D eigenvalue weighted by Gasteiger charge is -2.10. The molecule has 0 saturated carbocycles. The van der Waals surface area contributed by atoms with Crippen LogP contribution in [0.1, 0.15) is 16.1 Å². The minimum atomic E-state index is -1.31. The summed E-state index contributed by atoms with van der Waals surface area (Å²) >= 11 is 2.25. The van der Waals surface area contributed by atoms with Gasteiger partial charge in [-0.25, -0.2) is 14.7 Å². The quantitative estimate of drug-likeness (QED) is 0.629. The molecule has 1 fully saturated rings. The van der Waals surface area contributed by atoms with Crippen molar-refractivity contribution in [3.05, 3.63) is 58.1 Å². The molecule has 1 saturated heterocycles. The van der Waals surface area contributed by atoms with Gasteiger partial charge in [0.15, 0.2) is 10.3 Å². The minimum Gasteiger partial charge on any atom is -0.872 e. The summed E-state index contributed by atoms with van der Waals surface area (Å²) in [7, 11) is 0. The van der Waals surface area contributed by atoms with Gasteiger partial charge in [-0.3, -0.25) is 10.2 Å². The molecule has 8 nitrogen and oxygen atoms in total. The third-order valence-corrected chi connectivity index (χ3v) is 5.47. The van der Waals surface area contributed by atoms with Crippen LogP contribution in [-0.4, -0.2) is 27.1 Å². The maximum atomic E-state index is 12.6. The van der Waals surface area contributed by atoms with E-state index in [9.17, 15) is 14.7 Å². The first kappa shape index (κ1) is 18.0. The molecule has 1 aromatic carbocycles. The highest BCUT2D eigenvalue weighted by Crippen LogP contribution is 2.36. The van der Waals surface area contributed by atoms with Crippen molar-refractivity contribution in [2.75, 3.05) is 4.90 Å². The predicted octanol–water partition coefficient (Wildman–Crippen LogP) is 3.23. The number of carbonyl (C=O) groups excluding carboxylic acids is 1. The van der Waals surface area contributed by atoms with E-state index in [2.05, 4.69) is 4.98 Å². The Morgan fingerprint density at radius 1 is 1.32 bits per heavy atom. The van der Waals surface area contributed by atoms with Crippen molar-refractivity contribution < 1.29 is 24.2 Å². The first-order chi connectivity index (χ1) is 13.4. The third kappa shape index (κ3) is 3.19. The molecule has 10 heteroatoms. The van der Waals surface area contributed by atoms with Crippen LogP contribution in [0.2, 0.25) is 0 Å². The molecule has 0 aliphatic carbocycles. The fraction of sp³-hybridized carbons (Fsp3) is 0. The number of anilines is 1. The minimum absolute atomic E-state index is 0.0510. The van der Waals surface area contributed by atoms with Crippen LogP contribution in [-0.2, 0) is 4.79 Å². The molecule has 0 unspecified atom stereocenters. The van der Waals surface area contributed by atoms with E-state index in [4.69, 9.17) is 14.9 Å². The molecule has 3 heterocycles. The van der Waals surface area contributed by atoms with E-state index in [1.54, 1.807) is 23.7 Å². The number of aromatic nitrogens is 1. The zero-order valence-electron chi connectivity index (χ0n) is 13.9. The summed E-state index contributed by atoms with van der Waals surface area (Å²) in [6.45, 7) is 0. The van der Waals surface area contributed by atoms with Crippen molar-refractivity contribution in [3.63, 3.8) is 0 Å². The Labute approximate surface area is 166 Å². The zero-order valence-corrected chi connectivity index (χ0v) is 15.5. The molecule has 0 spiro atoms. The molecule has 2 N–H and O–H groups in total. The van der Waals surface area contributed by atoms with Crippen LogP contribution in [0.3, 0.4) is 0 Å². The number of carboxylic acids is 1. The molecule has 2 aromatic heterocycles. The summed E-state index contributed by atoms with van der Waals surface area (Å²) in [5.41, 5.74) is 0.0899. The second kappa shape index (κ2) is 6.98. The van der Waals surface area contributed by atoms with Crippen LogP contribution in [0.4, 0.5) is 5.13 Å². The van der Waals surface area contributed by atoms with Crippen molar-refractivity contribution in [2.45, 2.75) is 0 Å². The lowest BCUT2D eigenvalue weighted by molar-refractivity contribution is -0.268. The van der Waals surface area contributed by atoms with Gasteiger partial charge < -0.3 is 14.6 Å². The fourth-order valence-electron chi connectivity index (χ4n) is 2.55. The smallest absolute Gasteiger partial charge is 0.335 e. The number of nitrogens with one attached hydrogen (secondary N) is 1. The molecule has 0 bridgehead atoms. The number of thiazole rings is 1. The molecule has 1 aliphatic heterocycles. The lowest BCUT2D eigenvalue weighted by atomic mass is 10.1. The van der Waals surface area contributed by atoms with Gasteiger partial charge in [-0.05, 0) is 30.0 Å². The van der Waals surface area contributed by atoms with Crippen molar-refractivity contribution in [2.24, 2.45) is 0 Å². The third-order valence-electron chi connectivity index (χ3n) is 3.83. The number of rotatable bonds is 4. The van der Waals surface area contributed by atoms with Crippen LogP contribution in [0.15, 0.2) is 51.2 Å². The van der Waals surface area contributed by atoms with E-state index in [-0.39, 0.29) is 16.6 Å². The summed E-state index contributed by atoms with van der Waals surface area (Å²) in [4.78, 5) is 29.3. The van der Waals surface area contributed by atoms with Crippen molar-refractivity contribution in [1.82, 2.24) is 4.98 Å². The number of furan rings is 1. The van der Waals surface area contributed by atoms with E-state index in [1.165, 1.54) is 40.5 Å². The molecule has 3 aromatic rings. The molecule has 1 amide bonds. The Hall–Kier alpha value is -3.37. The monoisotopic (exact) mass is 412 g/mol.